The summed E-state index contributed by atoms with van der Waals surface area (Å²) < 4.78 is 14.2. The number of alkyl halides is 1. The van der Waals surface area contributed by atoms with Crippen molar-refractivity contribution < 1.29 is 4.39 Å². The van der Waals surface area contributed by atoms with E-state index in [4.69, 9.17) is 11.6 Å². The van der Waals surface area contributed by atoms with Gasteiger partial charge in [0.15, 0.2) is 0 Å². The molecule has 2 aromatic heterocycles. The number of nitrogens with zero attached hydrogens (tertiary/aromatic N) is 2. The van der Waals surface area contributed by atoms with Crippen LogP contribution < -0.4 is 5.56 Å². The smallest absolute Gasteiger partial charge is 0.251 e. The van der Waals surface area contributed by atoms with E-state index in [-0.39, 0.29) is 12.1 Å². The van der Waals surface area contributed by atoms with Crippen LogP contribution >= 0.6 is 11.6 Å². The quantitative estimate of drug-likeness (QED) is 0.785. The van der Waals surface area contributed by atoms with Gasteiger partial charge in [0.2, 0.25) is 0 Å². The first-order valence-corrected chi connectivity index (χ1v) is 5.58. The first kappa shape index (κ1) is 11.8. The Morgan fingerprint density at radius 1 is 1.29 bits per heavy atom. The van der Waals surface area contributed by atoms with Crippen LogP contribution in [-0.2, 0) is 12.4 Å². The number of hydrogen-bond donors (Lipinski definition) is 0. The van der Waals surface area contributed by atoms with E-state index in [1.54, 1.807) is 12.3 Å². The number of pyridine rings is 2. The van der Waals surface area contributed by atoms with Crippen molar-refractivity contribution in [3.05, 3.63) is 64.1 Å². The van der Waals surface area contributed by atoms with Gasteiger partial charge in [-0.15, -0.1) is 11.6 Å². The molecule has 0 aliphatic carbocycles. The summed E-state index contributed by atoms with van der Waals surface area (Å²) in [6.45, 7) is 0.249. The van der Waals surface area contributed by atoms with Gasteiger partial charge < -0.3 is 4.57 Å². The first-order valence-electron chi connectivity index (χ1n) is 5.05. The lowest BCUT2D eigenvalue weighted by Gasteiger charge is -2.05. The highest BCUT2D eigenvalue weighted by Crippen LogP contribution is 2.04. The summed E-state index contributed by atoms with van der Waals surface area (Å²) in [5.74, 6) is -0.0466. The molecular formula is C12H10ClFN2O. The van der Waals surface area contributed by atoms with Crippen LogP contribution in [0.2, 0.25) is 0 Å². The third-order valence-electron chi connectivity index (χ3n) is 2.32. The largest absolute Gasteiger partial charge is 0.307 e. The molecule has 0 spiro atoms. The van der Waals surface area contributed by atoms with E-state index >= 15 is 0 Å². The molecule has 88 valence electrons. The zero-order chi connectivity index (χ0) is 12.3. The average Bonchev–Trinajstić information content (AvgIpc) is 2.35. The highest BCUT2D eigenvalue weighted by atomic mass is 35.5. The Hall–Kier alpha value is -1.68. The SMILES string of the molecule is O=c1ccc(F)cn1Cc1ccc(CCl)cn1. The molecule has 17 heavy (non-hydrogen) atoms. The fourth-order valence-corrected chi connectivity index (χ4v) is 1.59. The molecule has 2 rings (SSSR count). The van der Waals surface area contributed by atoms with Gasteiger partial charge in [-0.3, -0.25) is 9.78 Å². The molecule has 0 radical (unpaired) electrons. The maximum absolute atomic E-state index is 13.0. The molecule has 0 atom stereocenters. The van der Waals surface area contributed by atoms with Gasteiger partial charge in [0, 0.05) is 24.3 Å². The van der Waals surface area contributed by atoms with Crippen molar-refractivity contribution in [1.82, 2.24) is 9.55 Å². The van der Waals surface area contributed by atoms with Gasteiger partial charge in [0.25, 0.3) is 5.56 Å². The van der Waals surface area contributed by atoms with Crippen LogP contribution in [-0.4, -0.2) is 9.55 Å². The summed E-state index contributed by atoms with van der Waals surface area (Å²) in [4.78, 5) is 15.6. The predicted molar refractivity (Wildman–Crippen MR) is 63.6 cm³/mol. The van der Waals surface area contributed by atoms with E-state index in [0.29, 0.717) is 11.6 Å². The van der Waals surface area contributed by atoms with Crippen molar-refractivity contribution in [2.24, 2.45) is 0 Å². The summed E-state index contributed by atoms with van der Waals surface area (Å²) in [7, 11) is 0. The second-order valence-electron chi connectivity index (χ2n) is 3.60. The van der Waals surface area contributed by atoms with Gasteiger partial charge in [0.05, 0.1) is 12.2 Å². The second kappa shape index (κ2) is 5.10. The monoisotopic (exact) mass is 252 g/mol. The van der Waals surface area contributed by atoms with Crippen LogP contribution in [0.25, 0.3) is 0 Å². The van der Waals surface area contributed by atoms with E-state index in [9.17, 15) is 9.18 Å². The zero-order valence-corrected chi connectivity index (χ0v) is 9.69. The van der Waals surface area contributed by atoms with Gasteiger partial charge in [-0.1, -0.05) is 6.07 Å². The minimum Gasteiger partial charge on any atom is -0.307 e. The molecule has 0 aliphatic rings. The molecule has 3 nitrogen and oxygen atoms in total. The van der Waals surface area contributed by atoms with Gasteiger partial charge in [0.1, 0.15) is 5.82 Å². The standard InChI is InChI=1S/C12H10ClFN2O/c13-5-9-1-3-11(15-6-9)8-16-7-10(14)2-4-12(16)17/h1-4,6-7H,5,8H2. The van der Waals surface area contributed by atoms with E-state index in [2.05, 4.69) is 4.98 Å². The Bertz CT molecular complexity index is 565. The van der Waals surface area contributed by atoms with Gasteiger partial charge in [-0.25, -0.2) is 4.39 Å². The average molecular weight is 253 g/mol. The van der Waals surface area contributed by atoms with Gasteiger partial charge in [-0.05, 0) is 17.7 Å². The van der Waals surface area contributed by atoms with Crippen molar-refractivity contribution in [3.63, 3.8) is 0 Å². The minimum atomic E-state index is -0.443. The lowest BCUT2D eigenvalue weighted by Crippen LogP contribution is -2.19. The molecule has 2 aromatic rings. The highest BCUT2D eigenvalue weighted by molar-refractivity contribution is 6.17. The second-order valence-corrected chi connectivity index (χ2v) is 3.87. The topological polar surface area (TPSA) is 34.9 Å². The number of rotatable bonds is 3. The predicted octanol–water partition coefficient (Wildman–Crippen LogP) is 2.17. The molecule has 0 saturated heterocycles. The van der Waals surface area contributed by atoms with E-state index in [1.165, 1.54) is 16.8 Å². The highest BCUT2D eigenvalue weighted by Gasteiger charge is 2.01. The van der Waals surface area contributed by atoms with Crippen molar-refractivity contribution in [3.8, 4) is 0 Å². The molecular weight excluding hydrogens is 243 g/mol. The van der Waals surface area contributed by atoms with Crippen molar-refractivity contribution in [1.29, 1.82) is 0 Å². The molecule has 0 fully saturated rings. The fraction of sp³-hybridized carbons (Fsp3) is 0.167. The molecule has 0 unspecified atom stereocenters. The summed E-state index contributed by atoms with van der Waals surface area (Å²) in [5.41, 5.74) is 1.34. The molecule has 0 aromatic carbocycles. The summed E-state index contributed by atoms with van der Waals surface area (Å²) in [6.07, 6.45) is 2.81. The Morgan fingerprint density at radius 3 is 2.76 bits per heavy atom. The van der Waals surface area contributed by atoms with Crippen LogP contribution in [0.1, 0.15) is 11.3 Å². The number of aromatic nitrogens is 2. The van der Waals surface area contributed by atoms with Gasteiger partial charge >= 0.3 is 0 Å². The lowest BCUT2D eigenvalue weighted by atomic mass is 10.2. The van der Waals surface area contributed by atoms with Gasteiger partial charge in [-0.2, -0.15) is 0 Å². The lowest BCUT2D eigenvalue weighted by molar-refractivity contribution is 0.593. The maximum Gasteiger partial charge on any atom is 0.251 e. The third kappa shape index (κ3) is 2.91. The molecule has 0 amide bonds. The van der Waals surface area contributed by atoms with Crippen molar-refractivity contribution in [2.45, 2.75) is 12.4 Å². The zero-order valence-electron chi connectivity index (χ0n) is 8.94. The van der Waals surface area contributed by atoms with Crippen LogP contribution in [0.15, 0.2) is 41.5 Å². The maximum atomic E-state index is 13.0. The summed E-state index contributed by atoms with van der Waals surface area (Å²) >= 11 is 5.64. The third-order valence-corrected chi connectivity index (χ3v) is 2.63. The number of halogens is 2. The Kier molecular flexibility index (Phi) is 3.54. The first-order chi connectivity index (χ1) is 8.19. The molecule has 0 saturated carbocycles. The normalized spacial score (nSPS) is 10.5. The van der Waals surface area contributed by atoms with Crippen molar-refractivity contribution in [2.75, 3.05) is 0 Å². The molecule has 5 heteroatoms. The molecule has 0 N–H and O–H groups in total. The van der Waals surface area contributed by atoms with E-state index in [0.717, 1.165) is 11.6 Å². The Labute approximate surface area is 102 Å². The Morgan fingerprint density at radius 2 is 2.12 bits per heavy atom. The van der Waals surface area contributed by atoms with Crippen molar-refractivity contribution >= 4 is 11.6 Å². The molecule has 2 heterocycles. The van der Waals surface area contributed by atoms with Crippen LogP contribution in [0, 0.1) is 5.82 Å². The van der Waals surface area contributed by atoms with E-state index < -0.39 is 5.82 Å². The fourth-order valence-electron chi connectivity index (χ4n) is 1.43. The van der Waals surface area contributed by atoms with E-state index in [1.807, 2.05) is 6.07 Å². The van der Waals surface area contributed by atoms with Crippen LogP contribution in [0.5, 0.6) is 0 Å². The number of hydrogen-bond acceptors (Lipinski definition) is 2. The Balaban J connectivity index is 2.25. The molecule has 0 bridgehead atoms. The molecule has 0 aliphatic heterocycles. The minimum absolute atomic E-state index is 0.249. The summed E-state index contributed by atoms with van der Waals surface area (Å²) in [5, 5.41) is 0. The summed E-state index contributed by atoms with van der Waals surface area (Å²) in [6, 6.07) is 5.94. The van der Waals surface area contributed by atoms with Crippen LogP contribution in [0.3, 0.4) is 0 Å². The van der Waals surface area contributed by atoms with Crippen LogP contribution in [0.4, 0.5) is 4.39 Å².